The van der Waals surface area contributed by atoms with Gasteiger partial charge in [0.1, 0.15) is 5.54 Å². The molecule has 1 aliphatic rings. The minimum absolute atomic E-state index is 0. The summed E-state index contributed by atoms with van der Waals surface area (Å²) in [6.45, 7) is 10.6. The summed E-state index contributed by atoms with van der Waals surface area (Å²) < 4.78 is 11.4. The van der Waals surface area contributed by atoms with E-state index >= 15 is 0 Å². The molecule has 0 radical (unpaired) electrons. The molecule has 0 spiro atoms. The van der Waals surface area contributed by atoms with Crippen molar-refractivity contribution in [2.45, 2.75) is 58.3 Å². The first kappa shape index (κ1) is 27.1. The number of halogens is 2. The molecule has 3 unspecified atom stereocenters. The molecule has 0 aliphatic heterocycles. The number of hydrogen-bond acceptors (Lipinski definition) is 5. The first-order chi connectivity index (χ1) is 10.7. The molecule has 0 aromatic rings. The summed E-state index contributed by atoms with van der Waals surface area (Å²) in [5.41, 5.74) is 5.15. The van der Waals surface area contributed by atoms with E-state index in [0.29, 0.717) is 26.2 Å². The van der Waals surface area contributed by atoms with Crippen molar-refractivity contribution in [3.8, 4) is 0 Å². The molecule has 8 heteroatoms. The van der Waals surface area contributed by atoms with Gasteiger partial charge in [0.25, 0.3) is 0 Å². The Morgan fingerprint density at radius 1 is 1.28 bits per heavy atom. The maximum atomic E-state index is 12.6. The van der Waals surface area contributed by atoms with Crippen LogP contribution < -0.4 is 11.1 Å². The number of ether oxygens (including phenoxy) is 2. The zero-order chi connectivity index (χ0) is 17.7. The van der Waals surface area contributed by atoms with Crippen LogP contribution in [0, 0.1) is 5.41 Å². The highest BCUT2D eigenvalue weighted by atomic mass is 35.5. The molecule has 1 fully saturated rings. The topological polar surface area (TPSA) is 76.8 Å². The molecular weight excluding hydrogens is 365 g/mol. The van der Waals surface area contributed by atoms with E-state index in [4.69, 9.17) is 15.2 Å². The summed E-state index contributed by atoms with van der Waals surface area (Å²) >= 11 is 0. The fourth-order valence-electron chi connectivity index (χ4n) is 3.07. The Kier molecular flexibility index (Phi) is 12.5. The Hall–Kier alpha value is -0.110. The van der Waals surface area contributed by atoms with Crippen LogP contribution in [0.4, 0.5) is 0 Å². The maximum absolute atomic E-state index is 12.6. The average Bonchev–Trinajstić information content (AvgIpc) is 2.49. The largest absolute Gasteiger partial charge is 0.378 e. The van der Waals surface area contributed by atoms with E-state index in [0.717, 1.165) is 13.0 Å². The Bertz CT molecular complexity index is 397. The van der Waals surface area contributed by atoms with Gasteiger partial charge in [-0.15, -0.1) is 24.8 Å². The first-order valence-electron chi connectivity index (χ1n) is 8.64. The van der Waals surface area contributed by atoms with E-state index in [1.807, 2.05) is 41.8 Å². The predicted octanol–water partition coefficient (Wildman–Crippen LogP) is 1.84. The summed E-state index contributed by atoms with van der Waals surface area (Å²) in [6.07, 6.45) is 1.50. The van der Waals surface area contributed by atoms with Crippen molar-refractivity contribution in [1.82, 2.24) is 10.2 Å². The fraction of sp³-hybridized carbons (Fsp3) is 0.941. The first-order valence-corrected chi connectivity index (χ1v) is 8.64. The Morgan fingerprint density at radius 2 is 1.88 bits per heavy atom. The van der Waals surface area contributed by atoms with Gasteiger partial charge < -0.3 is 25.4 Å². The molecule has 0 bridgehead atoms. The minimum atomic E-state index is -0.870. The highest BCUT2D eigenvalue weighted by molar-refractivity contribution is 5.88. The summed E-state index contributed by atoms with van der Waals surface area (Å²) in [4.78, 5) is 14.7. The zero-order valence-corrected chi connectivity index (χ0v) is 18.1. The lowest BCUT2D eigenvalue weighted by atomic mass is 9.54. The van der Waals surface area contributed by atoms with Crippen LogP contribution >= 0.6 is 24.8 Å². The van der Waals surface area contributed by atoms with Gasteiger partial charge in [0, 0.05) is 38.1 Å². The lowest BCUT2D eigenvalue weighted by molar-refractivity contribution is -0.171. The van der Waals surface area contributed by atoms with Crippen molar-refractivity contribution in [2.75, 3.05) is 40.4 Å². The summed E-state index contributed by atoms with van der Waals surface area (Å²) in [6, 6.07) is 0. The quantitative estimate of drug-likeness (QED) is 0.583. The number of amides is 1. The fourth-order valence-corrected chi connectivity index (χ4v) is 3.07. The maximum Gasteiger partial charge on any atom is 0.240 e. The lowest BCUT2D eigenvalue weighted by Crippen LogP contribution is -2.76. The number of carbonyl (C=O) groups excluding carboxylic acids is 1. The second kappa shape index (κ2) is 11.6. The lowest BCUT2D eigenvalue weighted by Gasteiger charge is -2.57. The van der Waals surface area contributed by atoms with Gasteiger partial charge >= 0.3 is 0 Å². The molecule has 1 amide bonds. The summed E-state index contributed by atoms with van der Waals surface area (Å²) in [5.74, 6) is -0.104. The van der Waals surface area contributed by atoms with E-state index in [-0.39, 0.29) is 48.3 Å². The molecule has 1 aliphatic carbocycles. The Morgan fingerprint density at radius 3 is 2.32 bits per heavy atom. The van der Waals surface area contributed by atoms with Crippen LogP contribution in [0.3, 0.4) is 0 Å². The molecule has 25 heavy (non-hydrogen) atoms. The molecule has 3 atom stereocenters. The molecule has 0 aromatic carbocycles. The van der Waals surface area contributed by atoms with Gasteiger partial charge in [-0.05, 0) is 34.4 Å². The standard InChI is InChI=1S/C17H35N3O3.2ClH/c1-7-22-13(9-10-20(5)6)12-19-15(21)17(18)11-14(23-8-2)16(17,3)4;;/h13-14H,7-12,18H2,1-6H3,(H,19,21);2*1H. The average molecular weight is 402 g/mol. The van der Waals surface area contributed by atoms with Crippen molar-refractivity contribution >= 4 is 30.7 Å². The smallest absolute Gasteiger partial charge is 0.240 e. The normalized spacial score (nSPS) is 25.4. The molecule has 0 aromatic heterocycles. The van der Waals surface area contributed by atoms with Gasteiger partial charge in [0.05, 0.1) is 12.2 Å². The minimum Gasteiger partial charge on any atom is -0.378 e. The van der Waals surface area contributed by atoms with Crippen molar-refractivity contribution in [2.24, 2.45) is 11.1 Å². The van der Waals surface area contributed by atoms with Crippen molar-refractivity contribution in [3.63, 3.8) is 0 Å². The predicted molar refractivity (Wildman–Crippen MR) is 107 cm³/mol. The van der Waals surface area contributed by atoms with E-state index in [9.17, 15) is 4.79 Å². The Labute approximate surface area is 165 Å². The number of hydrogen-bond donors (Lipinski definition) is 2. The molecule has 1 saturated carbocycles. The number of rotatable bonds is 10. The second-order valence-corrected chi connectivity index (χ2v) is 7.22. The SMILES string of the molecule is CCOC(CCN(C)C)CNC(=O)C1(N)CC(OCC)C1(C)C.Cl.Cl. The Balaban J connectivity index is 0. The summed E-state index contributed by atoms with van der Waals surface area (Å²) in [7, 11) is 4.06. The van der Waals surface area contributed by atoms with Crippen LogP contribution in [0.5, 0.6) is 0 Å². The van der Waals surface area contributed by atoms with Crippen molar-refractivity contribution in [1.29, 1.82) is 0 Å². The number of carbonyl (C=O) groups is 1. The van der Waals surface area contributed by atoms with Gasteiger partial charge in [-0.25, -0.2) is 0 Å². The molecule has 0 heterocycles. The van der Waals surface area contributed by atoms with Gasteiger partial charge in [-0.1, -0.05) is 13.8 Å². The molecule has 0 saturated heterocycles. The number of nitrogens with zero attached hydrogens (tertiary/aromatic N) is 1. The molecule has 3 N–H and O–H groups in total. The van der Waals surface area contributed by atoms with Gasteiger partial charge in [0.15, 0.2) is 0 Å². The second-order valence-electron chi connectivity index (χ2n) is 7.22. The van der Waals surface area contributed by atoms with Crippen molar-refractivity contribution in [3.05, 3.63) is 0 Å². The molecule has 152 valence electrons. The third-order valence-electron chi connectivity index (χ3n) is 5.03. The molecule has 6 nitrogen and oxygen atoms in total. The number of nitrogens with two attached hydrogens (primary N) is 1. The third-order valence-corrected chi connectivity index (χ3v) is 5.03. The van der Waals surface area contributed by atoms with Crippen molar-refractivity contribution < 1.29 is 14.3 Å². The zero-order valence-electron chi connectivity index (χ0n) is 16.5. The van der Waals surface area contributed by atoms with E-state index in [1.165, 1.54) is 0 Å². The van der Waals surface area contributed by atoms with Crippen LogP contribution in [-0.2, 0) is 14.3 Å². The third kappa shape index (κ3) is 6.52. The van der Waals surface area contributed by atoms with Crippen LogP contribution in [0.1, 0.15) is 40.5 Å². The summed E-state index contributed by atoms with van der Waals surface area (Å²) in [5, 5.41) is 2.99. The number of nitrogens with one attached hydrogen (secondary N) is 1. The monoisotopic (exact) mass is 401 g/mol. The van der Waals surface area contributed by atoms with Gasteiger partial charge in [-0.3, -0.25) is 4.79 Å². The van der Waals surface area contributed by atoms with Gasteiger partial charge in [-0.2, -0.15) is 0 Å². The molecular formula is C17H37Cl2N3O3. The van der Waals surface area contributed by atoms with E-state index in [2.05, 4.69) is 10.2 Å². The van der Waals surface area contributed by atoms with Crippen LogP contribution in [0.15, 0.2) is 0 Å². The van der Waals surface area contributed by atoms with Crippen LogP contribution in [0.25, 0.3) is 0 Å². The highest BCUT2D eigenvalue weighted by Gasteiger charge is 2.62. The van der Waals surface area contributed by atoms with E-state index < -0.39 is 5.54 Å². The highest BCUT2D eigenvalue weighted by Crippen LogP contribution is 2.49. The van der Waals surface area contributed by atoms with E-state index in [1.54, 1.807) is 0 Å². The molecule has 1 rings (SSSR count). The van der Waals surface area contributed by atoms with Crippen LogP contribution in [-0.4, -0.2) is 69.0 Å². The van der Waals surface area contributed by atoms with Crippen LogP contribution in [0.2, 0.25) is 0 Å². The van der Waals surface area contributed by atoms with Gasteiger partial charge in [0.2, 0.25) is 5.91 Å².